The molecule has 0 spiro atoms. The fourth-order valence-electron chi connectivity index (χ4n) is 1.94. The van der Waals surface area contributed by atoms with Crippen LogP contribution >= 0.6 is 27.3 Å². The molecule has 17 heavy (non-hydrogen) atoms. The van der Waals surface area contributed by atoms with Crippen LogP contribution in [0, 0.1) is 12.7 Å². The van der Waals surface area contributed by atoms with E-state index in [2.05, 4.69) is 39.6 Å². The summed E-state index contributed by atoms with van der Waals surface area (Å²) in [7, 11) is 1.89. The van der Waals surface area contributed by atoms with Crippen LogP contribution in [-0.2, 0) is 0 Å². The van der Waals surface area contributed by atoms with Gasteiger partial charge in [0.2, 0.25) is 0 Å². The summed E-state index contributed by atoms with van der Waals surface area (Å²) in [6.45, 7) is 2.08. The summed E-state index contributed by atoms with van der Waals surface area (Å²) in [5.74, 6) is -0.220. The van der Waals surface area contributed by atoms with Gasteiger partial charge in [0.05, 0.1) is 6.04 Å². The zero-order valence-electron chi connectivity index (χ0n) is 9.63. The molecule has 1 atom stereocenters. The van der Waals surface area contributed by atoms with Crippen LogP contribution in [0.25, 0.3) is 0 Å². The minimum Gasteiger partial charge on any atom is -0.309 e. The Bertz CT molecular complexity index is 504. The summed E-state index contributed by atoms with van der Waals surface area (Å²) in [5.41, 5.74) is 2.14. The molecule has 2 rings (SSSR count). The summed E-state index contributed by atoms with van der Waals surface area (Å²) >= 11 is 5.03. The largest absolute Gasteiger partial charge is 0.309 e. The molecule has 1 aromatic carbocycles. The normalized spacial score (nSPS) is 12.7. The molecule has 1 aromatic heterocycles. The molecule has 0 aliphatic rings. The van der Waals surface area contributed by atoms with Crippen LogP contribution in [0.3, 0.4) is 0 Å². The van der Waals surface area contributed by atoms with Crippen molar-refractivity contribution in [3.63, 3.8) is 0 Å². The van der Waals surface area contributed by atoms with Crippen LogP contribution in [0.4, 0.5) is 4.39 Å². The van der Waals surface area contributed by atoms with Crippen molar-refractivity contribution in [2.45, 2.75) is 13.0 Å². The third-order valence-corrected chi connectivity index (χ3v) is 4.04. The third-order valence-electron chi connectivity index (χ3n) is 2.72. The number of halogens is 2. The van der Waals surface area contributed by atoms with Gasteiger partial charge in [-0.05, 0) is 54.7 Å². The molecule has 1 unspecified atom stereocenters. The van der Waals surface area contributed by atoms with Crippen molar-refractivity contribution >= 4 is 27.3 Å². The fourth-order valence-corrected chi connectivity index (χ4v) is 3.16. The summed E-state index contributed by atoms with van der Waals surface area (Å²) in [6.07, 6.45) is 0. The minimum absolute atomic E-state index is 0.0354. The van der Waals surface area contributed by atoms with E-state index >= 15 is 0 Å². The highest BCUT2D eigenvalue weighted by molar-refractivity contribution is 9.10. The van der Waals surface area contributed by atoms with Gasteiger partial charge in [0.1, 0.15) is 5.82 Å². The number of benzene rings is 1. The fraction of sp³-hybridized carbons (Fsp3) is 0.231. The van der Waals surface area contributed by atoms with Crippen molar-refractivity contribution in [1.29, 1.82) is 0 Å². The molecule has 1 nitrogen and oxygen atoms in total. The van der Waals surface area contributed by atoms with Crippen molar-refractivity contribution in [2.24, 2.45) is 0 Å². The lowest BCUT2D eigenvalue weighted by atomic mass is 10.00. The lowest BCUT2D eigenvalue weighted by molar-refractivity contribution is 0.615. The first kappa shape index (κ1) is 12.7. The summed E-state index contributed by atoms with van der Waals surface area (Å²) in [5, 5.41) is 5.29. The van der Waals surface area contributed by atoms with Crippen LogP contribution in [0.15, 0.2) is 34.1 Å². The summed E-state index contributed by atoms with van der Waals surface area (Å²) in [4.78, 5) is 1.25. The van der Waals surface area contributed by atoms with Crippen molar-refractivity contribution in [2.75, 3.05) is 7.05 Å². The van der Waals surface area contributed by atoms with Gasteiger partial charge in [-0.25, -0.2) is 4.39 Å². The Morgan fingerprint density at radius 1 is 1.35 bits per heavy atom. The number of hydrogen-bond acceptors (Lipinski definition) is 2. The van der Waals surface area contributed by atoms with Gasteiger partial charge in [-0.15, -0.1) is 11.3 Å². The molecule has 1 heterocycles. The Morgan fingerprint density at radius 3 is 2.65 bits per heavy atom. The molecular weight excluding hydrogens is 301 g/mol. The highest BCUT2D eigenvalue weighted by Gasteiger charge is 2.16. The van der Waals surface area contributed by atoms with Gasteiger partial charge in [0.25, 0.3) is 0 Å². The molecule has 0 saturated heterocycles. The molecule has 90 valence electrons. The van der Waals surface area contributed by atoms with Gasteiger partial charge in [0.15, 0.2) is 0 Å². The average molecular weight is 314 g/mol. The Kier molecular flexibility index (Phi) is 3.97. The molecule has 0 saturated carbocycles. The monoisotopic (exact) mass is 313 g/mol. The van der Waals surface area contributed by atoms with Gasteiger partial charge in [-0.2, -0.15) is 0 Å². The van der Waals surface area contributed by atoms with Crippen LogP contribution < -0.4 is 5.32 Å². The Balaban J connectivity index is 2.45. The number of rotatable bonds is 3. The first-order valence-electron chi connectivity index (χ1n) is 5.29. The molecule has 0 aliphatic heterocycles. The standard InChI is InChI=1S/C13H13BrFNS/c1-8-12(3-4-17-8)13(16-2)9-5-10(14)7-11(15)6-9/h3-7,13,16H,1-2H3. The van der Waals surface area contributed by atoms with Gasteiger partial charge in [-0.1, -0.05) is 15.9 Å². The van der Waals surface area contributed by atoms with E-state index in [4.69, 9.17) is 0 Å². The number of nitrogens with one attached hydrogen (secondary N) is 1. The number of aryl methyl sites for hydroxylation is 1. The van der Waals surface area contributed by atoms with E-state index in [1.807, 2.05) is 13.1 Å². The SMILES string of the molecule is CNC(c1cc(F)cc(Br)c1)c1ccsc1C. The lowest BCUT2D eigenvalue weighted by Crippen LogP contribution is -2.18. The van der Waals surface area contributed by atoms with E-state index < -0.39 is 0 Å². The van der Waals surface area contributed by atoms with Crippen LogP contribution in [0.2, 0.25) is 0 Å². The van der Waals surface area contributed by atoms with E-state index in [1.165, 1.54) is 16.5 Å². The second-order valence-electron chi connectivity index (χ2n) is 3.86. The quantitative estimate of drug-likeness (QED) is 0.892. The molecule has 0 fully saturated rings. The van der Waals surface area contributed by atoms with Crippen LogP contribution in [-0.4, -0.2) is 7.05 Å². The van der Waals surface area contributed by atoms with E-state index in [1.54, 1.807) is 17.4 Å². The molecule has 0 bridgehead atoms. The van der Waals surface area contributed by atoms with Crippen LogP contribution in [0.5, 0.6) is 0 Å². The topological polar surface area (TPSA) is 12.0 Å². The highest BCUT2D eigenvalue weighted by atomic mass is 79.9. The Hall–Kier alpha value is -0.710. The van der Waals surface area contributed by atoms with Crippen molar-refractivity contribution in [3.05, 3.63) is 55.9 Å². The Morgan fingerprint density at radius 2 is 2.12 bits per heavy atom. The lowest BCUT2D eigenvalue weighted by Gasteiger charge is -2.17. The van der Waals surface area contributed by atoms with Gasteiger partial charge >= 0.3 is 0 Å². The number of hydrogen-bond donors (Lipinski definition) is 1. The van der Waals surface area contributed by atoms with Gasteiger partial charge in [-0.3, -0.25) is 0 Å². The maximum Gasteiger partial charge on any atom is 0.124 e. The molecular formula is C13H13BrFNS. The smallest absolute Gasteiger partial charge is 0.124 e. The number of thiophene rings is 1. The minimum atomic E-state index is -0.220. The van der Waals surface area contributed by atoms with Crippen molar-refractivity contribution in [1.82, 2.24) is 5.32 Å². The second kappa shape index (κ2) is 5.29. The molecule has 2 aromatic rings. The predicted octanol–water partition coefficient (Wildman–Crippen LogP) is 4.27. The summed E-state index contributed by atoms with van der Waals surface area (Å²) in [6, 6.07) is 7.11. The molecule has 1 N–H and O–H groups in total. The van der Waals surface area contributed by atoms with Gasteiger partial charge < -0.3 is 5.32 Å². The van der Waals surface area contributed by atoms with Crippen molar-refractivity contribution < 1.29 is 4.39 Å². The van der Waals surface area contributed by atoms with Crippen molar-refractivity contribution in [3.8, 4) is 0 Å². The van der Waals surface area contributed by atoms with E-state index in [9.17, 15) is 4.39 Å². The first-order chi connectivity index (χ1) is 8.11. The van der Waals surface area contributed by atoms with E-state index in [0.29, 0.717) is 0 Å². The van der Waals surface area contributed by atoms with Gasteiger partial charge in [0, 0.05) is 9.35 Å². The highest BCUT2D eigenvalue weighted by Crippen LogP contribution is 2.29. The molecule has 0 amide bonds. The second-order valence-corrected chi connectivity index (χ2v) is 5.89. The van der Waals surface area contributed by atoms with Crippen LogP contribution in [0.1, 0.15) is 22.0 Å². The summed E-state index contributed by atoms with van der Waals surface area (Å²) < 4.78 is 14.2. The zero-order chi connectivity index (χ0) is 12.4. The average Bonchev–Trinajstić information content (AvgIpc) is 2.65. The Labute approximate surface area is 113 Å². The maximum atomic E-state index is 13.4. The molecule has 0 aliphatic carbocycles. The predicted molar refractivity (Wildman–Crippen MR) is 74.1 cm³/mol. The maximum absolute atomic E-state index is 13.4. The zero-order valence-corrected chi connectivity index (χ0v) is 12.0. The third kappa shape index (κ3) is 2.76. The molecule has 4 heteroatoms. The molecule has 0 radical (unpaired) electrons. The first-order valence-corrected chi connectivity index (χ1v) is 6.96. The van der Waals surface area contributed by atoms with E-state index in [0.717, 1.165) is 10.0 Å². The van der Waals surface area contributed by atoms with E-state index in [-0.39, 0.29) is 11.9 Å².